The summed E-state index contributed by atoms with van der Waals surface area (Å²) in [6.45, 7) is 3.06. The molecule has 1 rings (SSSR count). The highest BCUT2D eigenvalue weighted by Crippen LogP contribution is 2.47. The Morgan fingerprint density at radius 2 is 1.02 bits per heavy atom. The number of esters is 2. The van der Waals surface area contributed by atoms with Crippen molar-refractivity contribution in [3.63, 3.8) is 0 Å². The highest BCUT2D eigenvalue weighted by atomic mass is 31.2. The third-order valence-electron chi connectivity index (χ3n) is 9.30. The first kappa shape index (κ1) is 53.3. The number of hydrogen-bond donors (Lipinski definition) is 6. The number of rotatable bonds is 33. The molecule has 6 unspecified atom stereocenters. The van der Waals surface area contributed by atoms with Gasteiger partial charge in [-0.2, -0.15) is 0 Å². The minimum absolute atomic E-state index is 0.0312. The van der Waals surface area contributed by atoms with Crippen molar-refractivity contribution >= 4 is 19.8 Å². The van der Waals surface area contributed by atoms with E-state index in [1.165, 1.54) is 25.7 Å². The fourth-order valence-electron chi connectivity index (χ4n) is 5.86. The normalized spacial score (nSPS) is 23.2. The van der Waals surface area contributed by atoms with Gasteiger partial charge in [-0.25, -0.2) is 4.57 Å². The highest BCUT2D eigenvalue weighted by molar-refractivity contribution is 7.47. The molecule has 0 aromatic heterocycles. The van der Waals surface area contributed by atoms with E-state index in [1.54, 1.807) is 0 Å². The lowest BCUT2D eigenvalue weighted by molar-refractivity contribution is -0.220. The lowest BCUT2D eigenvalue weighted by atomic mass is 9.85. The molecule has 0 saturated heterocycles. The summed E-state index contributed by atoms with van der Waals surface area (Å²) in [5.74, 6) is -1.22. The number of aliphatic hydroxyl groups is 5. The Kier molecular flexibility index (Phi) is 31.3. The largest absolute Gasteiger partial charge is 0.472 e. The summed E-state index contributed by atoms with van der Waals surface area (Å²) in [5.41, 5.74) is 0. The van der Waals surface area contributed by atoms with Crippen LogP contribution in [0, 0.1) is 0 Å². The number of allylic oxidation sites excluding steroid dienone is 12. The monoisotopic (exact) mass is 840 g/mol. The fraction of sp³-hybridized carbons (Fsp3) is 0.682. The van der Waals surface area contributed by atoms with Gasteiger partial charge >= 0.3 is 19.8 Å². The van der Waals surface area contributed by atoms with Crippen LogP contribution in [0.15, 0.2) is 72.9 Å². The Morgan fingerprint density at radius 3 is 1.57 bits per heavy atom. The highest BCUT2D eigenvalue weighted by Gasteiger charge is 2.51. The molecule has 0 bridgehead atoms. The van der Waals surface area contributed by atoms with Gasteiger partial charge in [0.2, 0.25) is 0 Å². The van der Waals surface area contributed by atoms with E-state index in [0.717, 1.165) is 64.2 Å². The SMILES string of the molecule is CC/C=C\C/C=C\C/C=C\C/C=C\CCC(=O)OC(COC(=O)CCCCCCC/C=C\C/C=C\CCCCCC)COP(=O)(O)OC1C(O)C(O)C(O)C(O)C1O. The molecule has 6 N–H and O–H groups in total. The smallest absolute Gasteiger partial charge is 0.462 e. The molecule has 0 amide bonds. The van der Waals surface area contributed by atoms with Crippen LogP contribution in [0.4, 0.5) is 0 Å². The Labute approximate surface area is 346 Å². The summed E-state index contributed by atoms with van der Waals surface area (Å²) < 4.78 is 33.3. The molecule has 0 spiro atoms. The van der Waals surface area contributed by atoms with Gasteiger partial charge in [0, 0.05) is 12.8 Å². The van der Waals surface area contributed by atoms with Gasteiger partial charge in [0.15, 0.2) is 6.10 Å². The molecule has 58 heavy (non-hydrogen) atoms. The van der Waals surface area contributed by atoms with Crippen LogP contribution in [0.25, 0.3) is 0 Å². The second-order valence-electron chi connectivity index (χ2n) is 14.5. The van der Waals surface area contributed by atoms with Gasteiger partial charge in [-0.05, 0) is 70.6 Å². The van der Waals surface area contributed by atoms with Crippen molar-refractivity contribution in [2.75, 3.05) is 13.2 Å². The van der Waals surface area contributed by atoms with E-state index in [1.807, 2.05) is 24.3 Å². The molecule has 332 valence electrons. The summed E-state index contributed by atoms with van der Waals surface area (Å²) in [6.07, 6.45) is 28.4. The Balaban J connectivity index is 2.55. The second kappa shape index (κ2) is 34.0. The average Bonchev–Trinajstić information content (AvgIpc) is 3.20. The van der Waals surface area contributed by atoms with Crippen LogP contribution in [0.1, 0.15) is 136 Å². The second-order valence-corrected chi connectivity index (χ2v) is 15.9. The van der Waals surface area contributed by atoms with Crippen LogP contribution in [-0.2, 0) is 32.7 Å². The van der Waals surface area contributed by atoms with Crippen LogP contribution in [0.5, 0.6) is 0 Å². The summed E-state index contributed by atoms with van der Waals surface area (Å²) in [6, 6.07) is 0. The molecule has 0 aromatic rings. The average molecular weight is 841 g/mol. The van der Waals surface area contributed by atoms with Gasteiger partial charge in [-0.3, -0.25) is 18.6 Å². The number of unbranched alkanes of at least 4 members (excludes halogenated alkanes) is 9. The van der Waals surface area contributed by atoms with Crippen LogP contribution in [0.3, 0.4) is 0 Å². The molecular weight excluding hydrogens is 767 g/mol. The van der Waals surface area contributed by atoms with E-state index in [4.69, 9.17) is 18.5 Å². The molecule has 1 aliphatic rings. The number of phosphoric ester groups is 1. The predicted octanol–water partition coefficient (Wildman–Crippen LogP) is 7.55. The Hall–Kier alpha value is -2.71. The summed E-state index contributed by atoms with van der Waals surface area (Å²) in [5, 5.41) is 50.0. The first-order chi connectivity index (χ1) is 27.9. The maximum Gasteiger partial charge on any atom is 0.472 e. The topological polar surface area (TPSA) is 210 Å². The van der Waals surface area contributed by atoms with Crippen molar-refractivity contribution in [3.8, 4) is 0 Å². The maximum atomic E-state index is 12.8. The van der Waals surface area contributed by atoms with E-state index in [-0.39, 0.29) is 12.8 Å². The minimum Gasteiger partial charge on any atom is -0.462 e. The molecule has 14 heteroatoms. The standard InChI is InChI=1S/C44H73O13P/c1-3-5-7-9-11-13-15-17-18-19-21-22-24-26-28-30-32-37(45)54-34-36(35-55-58(52,53)57-44-42(50)40(48)39(47)41(49)43(44)51)56-38(46)33-31-29-27-25-23-20-16-14-12-10-8-6-4-2/h6,8,12-15,18-20,23,27,29,36,39-44,47-51H,3-5,7,9-11,16-17,21-22,24-26,28,30-35H2,1-2H3,(H,52,53)/b8-6-,14-12-,15-13-,19-18-,23-20-,29-27-. The number of phosphoric acid groups is 1. The fourth-order valence-corrected chi connectivity index (χ4v) is 6.83. The summed E-state index contributed by atoms with van der Waals surface area (Å²) in [7, 11) is -5.14. The van der Waals surface area contributed by atoms with Crippen molar-refractivity contribution in [1.29, 1.82) is 0 Å². The molecule has 1 saturated carbocycles. The minimum atomic E-state index is -5.14. The lowest BCUT2D eigenvalue weighted by Crippen LogP contribution is -2.64. The number of aliphatic hydroxyl groups excluding tert-OH is 5. The van der Waals surface area contributed by atoms with E-state index in [0.29, 0.717) is 19.3 Å². The molecule has 1 aliphatic carbocycles. The van der Waals surface area contributed by atoms with Gasteiger partial charge in [0.25, 0.3) is 0 Å². The zero-order valence-corrected chi connectivity index (χ0v) is 35.7. The maximum absolute atomic E-state index is 12.8. The zero-order valence-electron chi connectivity index (χ0n) is 34.8. The van der Waals surface area contributed by atoms with Gasteiger partial charge < -0.3 is 39.9 Å². The van der Waals surface area contributed by atoms with Crippen molar-refractivity contribution in [1.82, 2.24) is 0 Å². The van der Waals surface area contributed by atoms with Crippen LogP contribution in [-0.4, -0.2) is 98.3 Å². The summed E-state index contributed by atoms with van der Waals surface area (Å²) >= 11 is 0. The molecule has 0 radical (unpaired) electrons. The number of ether oxygens (including phenoxy) is 2. The Morgan fingerprint density at radius 1 is 0.552 bits per heavy atom. The first-order valence-corrected chi connectivity index (χ1v) is 22.7. The van der Waals surface area contributed by atoms with E-state index >= 15 is 0 Å². The molecule has 6 atom stereocenters. The van der Waals surface area contributed by atoms with E-state index < -0.39 is 75.7 Å². The molecule has 13 nitrogen and oxygen atoms in total. The third kappa shape index (κ3) is 26.4. The number of carbonyl (C=O) groups excluding carboxylic acids is 2. The summed E-state index contributed by atoms with van der Waals surface area (Å²) in [4.78, 5) is 35.5. The third-order valence-corrected chi connectivity index (χ3v) is 10.3. The molecule has 0 aliphatic heterocycles. The molecule has 0 aromatic carbocycles. The number of hydrogen-bond acceptors (Lipinski definition) is 12. The van der Waals surface area contributed by atoms with Crippen molar-refractivity contribution in [3.05, 3.63) is 72.9 Å². The lowest BCUT2D eigenvalue weighted by Gasteiger charge is -2.41. The van der Waals surface area contributed by atoms with Crippen LogP contribution >= 0.6 is 7.82 Å². The van der Waals surface area contributed by atoms with Crippen molar-refractivity contribution < 1.29 is 63.1 Å². The predicted molar refractivity (Wildman–Crippen MR) is 225 cm³/mol. The van der Waals surface area contributed by atoms with Crippen molar-refractivity contribution in [2.45, 2.75) is 179 Å². The van der Waals surface area contributed by atoms with Gasteiger partial charge in [-0.15, -0.1) is 0 Å². The van der Waals surface area contributed by atoms with Gasteiger partial charge in [0.1, 0.15) is 43.2 Å². The molecular formula is C44H73O13P. The first-order valence-electron chi connectivity index (χ1n) is 21.2. The quantitative estimate of drug-likeness (QED) is 0.0163. The van der Waals surface area contributed by atoms with Crippen LogP contribution < -0.4 is 0 Å². The zero-order chi connectivity index (χ0) is 42.9. The van der Waals surface area contributed by atoms with Gasteiger partial charge in [0.05, 0.1) is 6.61 Å². The Bertz CT molecular complexity index is 1290. The van der Waals surface area contributed by atoms with Gasteiger partial charge in [-0.1, -0.05) is 125 Å². The number of carbonyl (C=O) groups is 2. The van der Waals surface area contributed by atoms with E-state index in [2.05, 4.69) is 62.5 Å². The van der Waals surface area contributed by atoms with Crippen molar-refractivity contribution in [2.24, 2.45) is 0 Å². The van der Waals surface area contributed by atoms with Crippen LogP contribution in [0.2, 0.25) is 0 Å². The van der Waals surface area contributed by atoms with E-state index in [9.17, 15) is 44.6 Å². The molecule has 0 heterocycles. The molecule has 1 fully saturated rings.